The fourth-order valence-corrected chi connectivity index (χ4v) is 2.01. The van der Waals surface area contributed by atoms with Gasteiger partial charge >= 0.3 is 0 Å². The normalized spacial score (nSPS) is 23.9. The summed E-state index contributed by atoms with van der Waals surface area (Å²) in [6.07, 6.45) is 1.27. The predicted molar refractivity (Wildman–Crippen MR) is 79.4 cm³/mol. The zero-order valence-electron chi connectivity index (χ0n) is 12.0. The second-order valence-electron chi connectivity index (χ2n) is 5.25. The van der Waals surface area contributed by atoms with E-state index in [0.717, 1.165) is 13.1 Å². The van der Waals surface area contributed by atoms with Crippen LogP contribution in [0.2, 0.25) is 0 Å². The molecule has 1 aliphatic heterocycles. The van der Waals surface area contributed by atoms with Crippen LogP contribution in [0.1, 0.15) is 19.8 Å². The maximum atomic E-state index is 11.8. The van der Waals surface area contributed by atoms with Crippen molar-refractivity contribution in [2.75, 3.05) is 26.2 Å². The number of hydrogen-bond acceptors (Lipinski definition) is 5. The molecule has 1 aliphatic rings. The predicted octanol–water partition coefficient (Wildman–Crippen LogP) is -2.36. The number of carbonyl (C=O) groups excluding carboxylic acids is 1. The van der Waals surface area contributed by atoms with Crippen LogP contribution in [-0.4, -0.2) is 56.2 Å². The molecular weight excluding hydrogens is 258 g/mol. The van der Waals surface area contributed by atoms with Crippen molar-refractivity contribution in [1.82, 2.24) is 21.3 Å². The number of piperazine rings is 1. The first kappa shape index (κ1) is 16.7. The lowest BCUT2D eigenvalue weighted by molar-refractivity contribution is -0.122. The molecule has 0 spiro atoms. The molecule has 1 amide bonds. The minimum absolute atomic E-state index is 0.0619. The summed E-state index contributed by atoms with van der Waals surface area (Å²) in [5.41, 5.74) is 11.0. The van der Waals surface area contributed by atoms with Crippen LogP contribution >= 0.6 is 0 Å². The van der Waals surface area contributed by atoms with Crippen molar-refractivity contribution in [1.29, 1.82) is 5.41 Å². The Morgan fingerprint density at radius 2 is 2.15 bits per heavy atom. The highest BCUT2D eigenvalue weighted by Crippen LogP contribution is 1.95. The highest BCUT2D eigenvalue weighted by Gasteiger charge is 2.18. The summed E-state index contributed by atoms with van der Waals surface area (Å²) in [6.45, 7) is 5.01. The quantitative estimate of drug-likeness (QED) is 0.159. The Morgan fingerprint density at radius 1 is 1.40 bits per heavy atom. The standard InChI is InChI=1S/C12H27N7O/c1-8-5-18-9(6-17-8)7-19-11(20)10(13)3-2-4-16-12(14)15/h8-10,17-18H,2-7,13H2,1H3,(H,19,20)(H4,14,15,16). The summed E-state index contributed by atoms with van der Waals surface area (Å²) < 4.78 is 0. The lowest BCUT2D eigenvalue weighted by Gasteiger charge is -2.29. The highest BCUT2D eigenvalue weighted by molar-refractivity contribution is 5.81. The minimum atomic E-state index is -0.515. The van der Waals surface area contributed by atoms with Gasteiger partial charge in [0.1, 0.15) is 0 Å². The van der Waals surface area contributed by atoms with E-state index in [-0.39, 0.29) is 17.9 Å². The highest BCUT2D eigenvalue weighted by atomic mass is 16.2. The van der Waals surface area contributed by atoms with Crippen LogP contribution in [0.3, 0.4) is 0 Å². The SMILES string of the molecule is CC1CNC(CNC(=O)C(N)CCCNC(=N)N)CN1. The van der Waals surface area contributed by atoms with Gasteiger partial charge < -0.3 is 32.7 Å². The molecule has 0 radical (unpaired) electrons. The van der Waals surface area contributed by atoms with Gasteiger partial charge in [0.25, 0.3) is 0 Å². The van der Waals surface area contributed by atoms with E-state index in [0.29, 0.717) is 32.0 Å². The second-order valence-corrected chi connectivity index (χ2v) is 5.25. The van der Waals surface area contributed by atoms with E-state index in [2.05, 4.69) is 28.2 Å². The monoisotopic (exact) mass is 285 g/mol. The average Bonchev–Trinajstić information content (AvgIpc) is 2.42. The molecule has 1 heterocycles. The zero-order valence-corrected chi connectivity index (χ0v) is 12.0. The Bertz CT molecular complexity index is 315. The van der Waals surface area contributed by atoms with E-state index < -0.39 is 6.04 Å². The molecule has 8 heteroatoms. The first-order valence-electron chi connectivity index (χ1n) is 7.07. The van der Waals surface area contributed by atoms with Crippen molar-refractivity contribution in [3.8, 4) is 0 Å². The summed E-state index contributed by atoms with van der Waals surface area (Å²) in [4.78, 5) is 11.8. The van der Waals surface area contributed by atoms with E-state index in [4.69, 9.17) is 16.9 Å². The Morgan fingerprint density at radius 3 is 2.75 bits per heavy atom. The molecule has 116 valence electrons. The van der Waals surface area contributed by atoms with Crippen LogP contribution in [0.5, 0.6) is 0 Å². The molecule has 3 atom stereocenters. The molecule has 0 aromatic carbocycles. The molecule has 9 N–H and O–H groups in total. The maximum absolute atomic E-state index is 11.8. The molecule has 20 heavy (non-hydrogen) atoms. The third-order valence-electron chi connectivity index (χ3n) is 3.29. The summed E-state index contributed by atoms with van der Waals surface area (Å²) >= 11 is 0. The number of amides is 1. The molecule has 1 fully saturated rings. The Hall–Kier alpha value is -1.38. The lowest BCUT2D eigenvalue weighted by Crippen LogP contribution is -2.57. The van der Waals surface area contributed by atoms with Crippen molar-refractivity contribution >= 4 is 11.9 Å². The maximum Gasteiger partial charge on any atom is 0.236 e. The number of nitrogens with one attached hydrogen (secondary N) is 5. The van der Waals surface area contributed by atoms with Gasteiger partial charge in [-0.2, -0.15) is 0 Å². The van der Waals surface area contributed by atoms with Crippen molar-refractivity contribution in [2.45, 2.75) is 37.9 Å². The Kier molecular flexibility index (Phi) is 7.27. The molecule has 1 saturated heterocycles. The molecule has 0 saturated carbocycles. The van der Waals surface area contributed by atoms with E-state index in [1.807, 2.05) is 0 Å². The van der Waals surface area contributed by atoms with Crippen LogP contribution in [0.4, 0.5) is 0 Å². The fourth-order valence-electron chi connectivity index (χ4n) is 2.01. The molecule has 8 nitrogen and oxygen atoms in total. The topological polar surface area (TPSA) is 141 Å². The number of rotatable bonds is 7. The van der Waals surface area contributed by atoms with Gasteiger partial charge in [0, 0.05) is 38.3 Å². The molecule has 0 aliphatic carbocycles. The Balaban J connectivity index is 2.10. The van der Waals surface area contributed by atoms with Gasteiger partial charge in [-0.15, -0.1) is 0 Å². The second kappa shape index (κ2) is 8.72. The summed E-state index contributed by atoms with van der Waals surface area (Å²) in [7, 11) is 0. The van der Waals surface area contributed by atoms with E-state index in [1.54, 1.807) is 0 Å². The lowest BCUT2D eigenvalue weighted by atomic mass is 10.1. The van der Waals surface area contributed by atoms with Crippen molar-refractivity contribution in [3.05, 3.63) is 0 Å². The summed E-state index contributed by atoms with van der Waals surface area (Å²) in [5.74, 6) is -0.193. The number of hydrogen-bond donors (Lipinski definition) is 7. The van der Waals surface area contributed by atoms with E-state index >= 15 is 0 Å². The fraction of sp³-hybridized carbons (Fsp3) is 0.833. The Labute approximate surface area is 119 Å². The largest absolute Gasteiger partial charge is 0.370 e. The van der Waals surface area contributed by atoms with Crippen LogP contribution in [0.25, 0.3) is 0 Å². The number of nitrogens with two attached hydrogens (primary N) is 2. The van der Waals surface area contributed by atoms with Crippen LogP contribution in [0.15, 0.2) is 0 Å². The van der Waals surface area contributed by atoms with Crippen LogP contribution < -0.4 is 32.7 Å². The smallest absolute Gasteiger partial charge is 0.236 e. The first-order chi connectivity index (χ1) is 9.49. The third-order valence-corrected chi connectivity index (χ3v) is 3.29. The average molecular weight is 285 g/mol. The van der Waals surface area contributed by atoms with Crippen molar-refractivity contribution in [3.63, 3.8) is 0 Å². The number of guanidine groups is 1. The van der Waals surface area contributed by atoms with Crippen LogP contribution in [-0.2, 0) is 4.79 Å². The van der Waals surface area contributed by atoms with Gasteiger partial charge in [-0.05, 0) is 19.8 Å². The molecule has 0 aromatic heterocycles. The molecule has 3 unspecified atom stereocenters. The summed E-state index contributed by atoms with van der Waals surface area (Å²) in [6, 6.07) is 0.207. The van der Waals surface area contributed by atoms with Gasteiger partial charge in [-0.1, -0.05) is 0 Å². The van der Waals surface area contributed by atoms with Crippen molar-refractivity contribution in [2.24, 2.45) is 11.5 Å². The summed E-state index contributed by atoms with van der Waals surface area (Å²) in [5, 5.41) is 19.3. The molecular formula is C12H27N7O. The third kappa shape index (κ3) is 6.69. The van der Waals surface area contributed by atoms with Gasteiger partial charge in [-0.3, -0.25) is 10.2 Å². The van der Waals surface area contributed by atoms with Gasteiger partial charge in [0.05, 0.1) is 6.04 Å². The van der Waals surface area contributed by atoms with E-state index in [9.17, 15) is 4.79 Å². The van der Waals surface area contributed by atoms with E-state index in [1.165, 1.54) is 0 Å². The minimum Gasteiger partial charge on any atom is -0.370 e. The number of carbonyl (C=O) groups is 1. The van der Waals surface area contributed by atoms with Crippen molar-refractivity contribution < 1.29 is 4.79 Å². The van der Waals surface area contributed by atoms with Gasteiger partial charge in [0.2, 0.25) is 5.91 Å². The van der Waals surface area contributed by atoms with Crippen LogP contribution in [0, 0.1) is 5.41 Å². The van der Waals surface area contributed by atoms with Gasteiger partial charge in [-0.25, -0.2) is 0 Å². The molecule has 0 bridgehead atoms. The molecule has 1 rings (SSSR count). The van der Waals surface area contributed by atoms with Gasteiger partial charge in [0.15, 0.2) is 5.96 Å². The molecule has 0 aromatic rings. The zero-order chi connectivity index (χ0) is 15.0. The first-order valence-corrected chi connectivity index (χ1v) is 7.07.